The molecule has 9 aromatic carbocycles. The van der Waals surface area contributed by atoms with E-state index in [-0.39, 0.29) is 77.2 Å². The molecule has 0 spiro atoms. The van der Waals surface area contributed by atoms with Gasteiger partial charge in [0.2, 0.25) is 5.75 Å². The molecule has 0 radical (unpaired) electrons. The summed E-state index contributed by atoms with van der Waals surface area (Å²) in [6, 6.07) is 38.8. The summed E-state index contributed by atoms with van der Waals surface area (Å²) in [5, 5.41) is 122. The smallest absolute Gasteiger partial charge is 0.201 e. The number of aliphatic hydroxyl groups is 3. The summed E-state index contributed by atoms with van der Waals surface area (Å²) in [5.41, 5.74) is 4.24. The Morgan fingerprint density at radius 1 is 0.560 bits per heavy atom. The van der Waals surface area contributed by atoms with Gasteiger partial charge in [-0.2, -0.15) is 0 Å². The topological polar surface area (TPSA) is 202 Å². The van der Waals surface area contributed by atoms with Crippen LogP contribution in [0.2, 0.25) is 6.32 Å². The fraction of sp³-hybridized carbons (Fsp3) is 0.0492. The Morgan fingerprint density at radius 3 is 1.61 bits per heavy atom. The second-order valence-electron chi connectivity index (χ2n) is 18.9. The van der Waals surface area contributed by atoms with E-state index >= 15 is 0 Å². The fourth-order valence-corrected chi connectivity index (χ4v) is 10.9. The molecule has 0 atom stereocenters. The lowest BCUT2D eigenvalue weighted by Crippen LogP contribution is -2.15. The Morgan fingerprint density at radius 2 is 1.05 bits per heavy atom. The summed E-state index contributed by atoms with van der Waals surface area (Å²) in [6.07, 6.45) is 12.2. The number of aromatic hydroxyl groups is 7. The third-order valence-electron chi connectivity index (χ3n) is 14.9. The van der Waals surface area contributed by atoms with E-state index in [1.807, 2.05) is 50.3 Å². The normalized spacial score (nSPS) is 14.3. The van der Waals surface area contributed by atoms with Gasteiger partial charge in [0, 0.05) is 61.5 Å². The number of fused-ring (bicyclic) bond motifs is 9. The number of aliphatic hydroxyl groups excluding tert-OH is 3. The number of allylic oxidation sites excluding steroid dienone is 6. The molecular weight excluding hydrogens is 936 g/mol. The van der Waals surface area contributed by atoms with Crippen molar-refractivity contribution in [2.45, 2.75) is 19.7 Å². The average Bonchev–Trinajstić information content (AvgIpc) is 3.47. The molecule has 1 aliphatic carbocycles. The Kier molecular flexibility index (Phi) is 12.0. The van der Waals surface area contributed by atoms with Gasteiger partial charge in [-0.15, -0.1) is 12.8 Å². The molecule has 9 aromatic rings. The highest BCUT2D eigenvalue weighted by atomic mass is 16.3. The van der Waals surface area contributed by atoms with E-state index < -0.39 is 58.2 Å². The SMILES string of the molecule is BC/C(B)=C(/O)C1=C(c2ccc(-c3ccccc3-c3ccc4c5ccccc5c5ccccc5c4c3)cc2)/C(=C(O)/C(O)=C(/B)C#C)CC(c2c(O)c3c(C)c(O)c(O)c(O)c3c3c(O)c(O)c(O)c(B)c23)=C1C#C. The van der Waals surface area contributed by atoms with Crippen molar-refractivity contribution in [2.24, 2.45) is 0 Å². The maximum absolute atomic E-state index is 12.6. The number of rotatable bonds is 7. The highest BCUT2D eigenvalue weighted by molar-refractivity contribution is 6.45. The van der Waals surface area contributed by atoms with E-state index in [1.54, 1.807) is 7.85 Å². The van der Waals surface area contributed by atoms with E-state index in [0.29, 0.717) is 17.4 Å². The lowest BCUT2D eigenvalue weighted by atomic mass is 9.71. The summed E-state index contributed by atoms with van der Waals surface area (Å²) in [5.74, 6) is -2.72. The van der Waals surface area contributed by atoms with Gasteiger partial charge >= 0.3 is 0 Å². The summed E-state index contributed by atoms with van der Waals surface area (Å²) in [6.45, 7) is 1.34. The molecule has 0 amide bonds. The third kappa shape index (κ3) is 7.36. The number of phenolic OH excluding ortho intramolecular Hbond substituents is 7. The molecule has 10 rings (SSSR count). The van der Waals surface area contributed by atoms with Crippen LogP contribution in [0.1, 0.15) is 23.1 Å². The van der Waals surface area contributed by atoms with Crippen molar-refractivity contribution >= 4 is 102 Å². The molecule has 362 valence electrons. The van der Waals surface area contributed by atoms with Crippen LogP contribution in [-0.4, -0.2) is 82.5 Å². The maximum Gasteiger partial charge on any atom is 0.201 e. The quantitative estimate of drug-likeness (QED) is 0.0242. The van der Waals surface area contributed by atoms with E-state index in [0.717, 1.165) is 49.2 Å². The second kappa shape index (κ2) is 18.4. The van der Waals surface area contributed by atoms with Gasteiger partial charge in [0.1, 0.15) is 35.0 Å². The predicted molar refractivity (Wildman–Crippen MR) is 311 cm³/mol. The standard InChI is InChI=1S/C61H46B4O10/c1-4-31-40(47-48-50(58(72)61(75)59(73)51(48)65)49-44(56(47)70)27(3)52(66)60(74)57(49)71)25-41(53(67)55(69)42(63)5-2)45(46(31)54(68)43(64)26-62)29-20-18-28(19-21-29)32-12-6-7-13-33(32)30-22-23-38-36-16-9-8-14-34(36)35-15-10-11-17-37(35)39(38)24-30/h1-2,6-24,66-75H,25-26,62-65H2,3H3/b53-41-,54-43-,55-42-. The van der Waals surface area contributed by atoms with Gasteiger partial charge in [-0.25, -0.2) is 0 Å². The van der Waals surface area contributed by atoms with Gasteiger partial charge in [0.25, 0.3) is 0 Å². The number of phenols is 7. The summed E-state index contributed by atoms with van der Waals surface area (Å²) in [4.78, 5) is 0. The van der Waals surface area contributed by atoms with E-state index in [4.69, 9.17) is 12.8 Å². The van der Waals surface area contributed by atoms with Gasteiger partial charge in [-0.1, -0.05) is 133 Å². The van der Waals surface area contributed by atoms with Crippen molar-refractivity contribution < 1.29 is 51.1 Å². The molecule has 0 saturated carbocycles. The Bertz CT molecular complexity index is 4270. The molecular formula is C61H46B4O10. The average molecular weight is 982 g/mol. The minimum atomic E-state index is -0.983. The van der Waals surface area contributed by atoms with Crippen LogP contribution in [0.3, 0.4) is 0 Å². The van der Waals surface area contributed by atoms with Gasteiger partial charge in [-0.05, 0) is 89.5 Å². The molecule has 0 aromatic heterocycles. The van der Waals surface area contributed by atoms with Gasteiger partial charge in [0.05, 0.1) is 0 Å². The summed E-state index contributed by atoms with van der Waals surface area (Å²) in [7, 11) is 6.31. The minimum Gasteiger partial charge on any atom is -0.508 e. The zero-order valence-corrected chi connectivity index (χ0v) is 41.5. The molecule has 0 unspecified atom stereocenters. The van der Waals surface area contributed by atoms with Crippen LogP contribution < -0.4 is 5.46 Å². The maximum atomic E-state index is 12.6. The van der Waals surface area contributed by atoms with Gasteiger partial charge in [-0.3, -0.25) is 0 Å². The van der Waals surface area contributed by atoms with Crippen LogP contribution >= 0.6 is 0 Å². The zero-order chi connectivity index (χ0) is 53.5. The molecule has 0 fully saturated rings. The Labute approximate surface area is 434 Å². The second-order valence-corrected chi connectivity index (χ2v) is 18.9. The first kappa shape index (κ1) is 49.0. The van der Waals surface area contributed by atoms with Crippen LogP contribution in [0.15, 0.2) is 160 Å². The molecule has 75 heavy (non-hydrogen) atoms. The van der Waals surface area contributed by atoms with Crippen LogP contribution in [0.25, 0.3) is 87.3 Å². The molecule has 10 nitrogen and oxygen atoms in total. The van der Waals surface area contributed by atoms with Gasteiger partial charge < -0.3 is 51.1 Å². The van der Waals surface area contributed by atoms with Gasteiger partial charge in [0.15, 0.2) is 48.1 Å². The number of aryl methyl sites for hydroxylation is 1. The van der Waals surface area contributed by atoms with Crippen LogP contribution in [0.4, 0.5) is 0 Å². The van der Waals surface area contributed by atoms with Crippen molar-refractivity contribution in [1.82, 2.24) is 0 Å². The zero-order valence-electron chi connectivity index (χ0n) is 41.5. The number of hydrogen-bond donors (Lipinski definition) is 10. The minimum absolute atomic E-state index is 0.000481. The van der Waals surface area contributed by atoms with Crippen molar-refractivity contribution in [3.05, 3.63) is 177 Å². The van der Waals surface area contributed by atoms with E-state index in [9.17, 15) is 51.1 Å². The predicted octanol–water partition coefficient (Wildman–Crippen LogP) is 8.84. The first-order chi connectivity index (χ1) is 36.0. The molecule has 0 heterocycles. The molecule has 0 saturated heterocycles. The summed E-state index contributed by atoms with van der Waals surface area (Å²) < 4.78 is 0. The fourth-order valence-electron chi connectivity index (χ4n) is 10.9. The molecule has 1 aliphatic rings. The van der Waals surface area contributed by atoms with E-state index in [2.05, 4.69) is 84.6 Å². The number of benzene rings is 9. The summed E-state index contributed by atoms with van der Waals surface area (Å²) >= 11 is 0. The van der Waals surface area contributed by atoms with Crippen molar-refractivity contribution in [3.8, 4) is 87.2 Å². The lowest BCUT2D eigenvalue weighted by molar-refractivity contribution is 0.322. The monoisotopic (exact) mass is 982 g/mol. The van der Waals surface area contributed by atoms with Crippen molar-refractivity contribution in [3.63, 3.8) is 0 Å². The highest BCUT2D eigenvalue weighted by Gasteiger charge is 2.37. The first-order valence-electron chi connectivity index (χ1n) is 24.1. The number of terminal acetylenes is 2. The lowest BCUT2D eigenvalue weighted by Gasteiger charge is -2.30. The number of hydrogen-bond acceptors (Lipinski definition) is 10. The molecule has 0 bridgehead atoms. The third-order valence-corrected chi connectivity index (χ3v) is 14.9. The van der Waals surface area contributed by atoms with Crippen LogP contribution in [0, 0.1) is 31.6 Å². The molecule has 10 N–H and O–H groups in total. The highest BCUT2D eigenvalue weighted by Crippen LogP contribution is 2.58. The van der Waals surface area contributed by atoms with Crippen molar-refractivity contribution in [1.29, 1.82) is 0 Å². The Balaban J connectivity index is 1.26. The largest absolute Gasteiger partial charge is 0.508 e. The van der Waals surface area contributed by atoms with E-state index in [1.165, 1.54) is 28.0 Å². The molecule has 0 aliphatic heterocycles. The Hall–Kier alpha value is -9.64. The van der Waals surface area contributed by atoms with Crippen LogP contribution in [0.5, 0.6) is 40.2 Å². The van der Waals surface area contributed by atoms with Crippen LogP contribution in [-0.2, 0) is 0 Å². The molecule has 14 heteroatoms. The van der Waals surface area contributed by atoms with Crippen molar-refractivity contribution in [2.75, 3.05) is 0 Å². The first-order valence-corrected chi connectivity index (χ1v) is 24.1.